The molecule has 0 spiro atoms. The van der Waals surface area contributed by atoms with Gasteiger partial charge in [-0.2, -0.15) is 5.10 Å². The van der Waals surface area contributed by atoms with Crippen molar-refractivity contribution in [1.29, 1.82) is 0 Å². The van der Waals surface area contributed by atoms with E-state index in [4.69, 9.17) is 4.74 Å². The molecule has 0 bridgehead atoms. The summed E-state index contributed by atoms with van der Waals surface area (Å²) in [7, 11) is 0. The van der Waals surface area contributed by atoms with E-state index in [2.05, 4.69) is 20.4 Å². The molecule has 2 aromatic rings. The van der Waals surface area contributed by atoms with Crippen molar-refractivity contribution in [2.75, 3.05) is 18.2 Å². The highest BCUT2D eigenvalue weighted by molar-refractivity contribution is 7.98. The van der Waals surface area contributed by atoms with Crippen LogP contribution in [-0.2, 0) is 20.7 Å². The predicted molar refractivity (Wildman–Crippen MR) is 111 cm³/mol. The number of anilines is 1. The Morgan fingerprint density at radius 1 is 1.24 bits per heavy atom. The summed E-state index contributed by atoms with van der Waals surface area (Å²) in [4.78, 5) is 33.1. The van der Waals surface area contributed by atoms with Gasteiger partial charge in [0.15, 0.2) is 11.8 Å². The summed E-state index contributed by atoms with van der Waals surface area (Å²) < 4.78 is 7.00. The van der Waals surface area contributed by atoms with Crippen molar-refractivity contribution in [3.8, 4) is 0 Å². The van der Waals surface area contributed by atoms with Gasteiger partial charge in [0.05, 0.1) is 12.2 Å². The van der Waals surface area contributed by atoms with E-state index < -0.39 is 5.97 Å². The summed E-state index contributed by atoms with van der Waals surface area (Å²) in [6.45, 7) is 3.51. The van der Waals surface area contributed by atoms with Crippen LogP contribution in [0.3, 0.4) is 0 Å². The van der Waals surface area contributed by atoms with E-state index in [0.717, 1.165) is 34.9 Å². The molecule has 9 heteroatoms. The van der Waals surface area contributed by atoms with Crippen LogP contribution in [-0.4, -0.2) is 44.5 Å². The van der Waals surface area contributed by atoms with Crippen molar-refractivity contribution in [1.82, 2.24) is 19.7 Å². The van der Waals surface area contributed by atoms with Crippen LogP contribution in [0, 0.1) is 13.8 Å². The fraction of sp³-hybridized carbons (Fsp3) is 0.550. The van der Waals surface area contributed by atoms with E-state index in [0.29, 0.717) is 18.3 Å². The molecule has 0 atom stereocenters. The van der Waals surface area contributed by atoms with Crippen molar-refractivity contribution in [3.63, 3.8) is 0 Å². The number of carbonyl (C=O) groups is 2. The molecule has 29 heavy (non-hydrogen) atoms. The molecule has 156 valence electrons. The number of amides is 1. The van der Waals surface area contributed by atoms with E-state index in [-0.39, 0.29) is 18.9 Å². The average Bonchev–Trinajstić information content (AvgIpc) is 3.37. The Bertz CT molecular complexity index is 854. The summed E-state index contributed by atoms with van der Waals surface area (Å²) >= 11 is 1.49. The number of aromatic nitrogens is 4. The first-order valence-electron chi connectivity index (χ1n) is 9.85. The van der Waals surface area contributed by atoms with Crippen molar-refractivity contribution < 1.29 is 14.3 Å². The molecule has 0 aliphatic heterocycles. The molecule has 0 saturated heterocycles. The maximum absolute atomic E-state index is 12.2. The first kappa shape index (κ1) is 21.3. The molecule has 1 amide bonds. The van der Waals surface area contributed by atoms with Gasteiger partial charge in [-0.1, -0.05) is 24.6 Å². The van der Waals surface area contributed by atoms with Gasteiger partial charge in [-0.15, -0.1) is 0 Å². The molecule has 0 aromatic carbocycles. The van der Waals surface area contributed by atoms with Crippen LogP contribution in [0.15, 0.2) is 17.4 Å². The first-order valence-corrected chi connectivity index (χ1v) is 11.1. The molecule has 1 saturated carbocycles. The van der Waals surface area contributed by atoms with Crippen LogP contribution >= 0.6 is 11.8 Å². The molecule has 0 radical (unpaired) electrons. The number of aryl methyl sites for hydroxylation is 2. The molecule has 1 fully saturated rings. The molecule has 0 unspecified atom stereocenters. The molecule has 2 aromatic heterocycles. The third kappa shape index (κ3) is 5.56. The number of ether oxygens (including phenoxy) is 1. The number of nitrogens with one attached hydrogen (secondary N) is 1. The smallest absolute Gasteiger partial charge is 0.306 e. The number of hydrogen-bond acceptors (Lipinski definition) is 7. The lowest BCUT2D eigenvalue weighted by molar-refractivity contribution is -0.147. The Labute approximate surface area is 174 Å². The van der Waals surface area contributed by atoms with Crippen molar-refractivity contribution >= 4 is 29.5 Å². The number of hydrogen-bond donors (Lipinski definition) is 1. The normalized spacial score (nSPS) is 14.2. The van der Waals surface area contributed by atoms with E-state index in [1.165, 1.54) is 24.6 Å². The predicted octanol–water partition coefficient (Wildman–Crippen LogP) is 3.24. The summed E-state index contributed by atoms with van der Waals surface area (Å²) in [5.41, 5.74) is 2.69. The van der Waals surface area contributed by atoms with Crippen LogP contribution in [0.25, 0.3) is 0 Å². The molecule has 1 N–H and O–H groups in total. The second-order valence-corrected chi connectivity index (χ2v) is 7.94. The van der Waals surface area contributed by atoms with Gasteiger partial charge in [-0.05, 0) is 44.9 Å². The molecule has 8 nitrogen and oxygen atoms in total. The first-order chi connectivity index (χ1) is 14.0. The summed E-state index contributed by atoms with van der Waals surface area (Å²) in [6, 6.07) is 2.09. The second kappa shape index (κ2) is 9.87. The maximum atomic E-state index is 12.2. The van der Waals surface area contributed by atoms with Gasteiger partial charge in [-0.25, -0.2) is 14.6 Å². The van der Waals surface area contributed by atoms with Crippen LogP contribution < -0.4 is 5.32 Å². The number of esters is 1. The van der Waals surface area contributed by atoms with E-state index in [1.54, 1.807) is 12.3 Å². The Balaban J connectivity index is 1.46. The Hall–Kier alpha value is -2.42. The molecule has 3 rings (SSSR count). The zero-order valence-electron chi connectivity index (χ0n) is 17.1. The fourth-order valence-electron chi connectivity index (χ4n) is 3.64. The van der Waals surface area contributed by atoms with Crippen LogP contribution in [0.1, 0.15) is 55.1 Å². The van der Waals surface area contributed by atoms with Gasteiger partial charge in [0.2, 0.25) is 0 Å². The van der Waals surface area contributed by atoms with E-state index in [1.807, 2.05) is 24.8 Å². The van der Waals surface area contributed by atoms with Gasteiger partial charge in [-0.3, -0.25) is 9.59 Å². The molecular weight excluding hydrogens is 390 g/mol. The second-order valence-electron chi connectivity index (χ2n) is 7.17. The summed E-state index contributed by atoms with van der Waals surface area (Å²) in [5, 5.41) is 7.83. The molecule has 1 aliphatic rings. The summed E-state index contributed by atoms with van der Waals surface area (Å²) in [6.07, 6.45) is 8.77. The van der Waals surface area contributed by atoms with Gasteiger partial charge in [0, 0.05) is 23.9 Å². The average molecular weight is 418 g/mol. The lowest BCUT2D eigenvalue weighted by atomic mass is 10.1. The fourth-order valence-corrected chi connectivity index (χ4v) is 4.10. The number of rotatable bonds is 8. The summed E-state index contributed by atoms with van der Waals surface area (Å²) in [5.74, 6) is -0.134. The molecule has 2 heterocycles. The lowest BCUT2D eigenvalue weighted by Gasteiger charge is -2.14. The lowest BCUT2D eigenvalue weighted by Crippen LogP contribution is -2.23. The minimum Gasteiger partial charge on any atom is -0.456 e. The highest BCUT2D eigenvalue weighted by Crippen LogP contribution is 2.31. The van der Waals surface area contributed by atoms with Gasteiger partial charge in [0.25, 0.3) is 5.91 Å². The number of thioether (sulfide) groups is 1. The standard InChI is InChI=1S/C20H27N5O3S/c1-13-16(14(2)23-20(22-13)29-3)8-9-19(27)28-12-18(26)24-17-10-11-21-25(17)15-6-4-5-7-15/h10-11,15H,4-9,12H2,1-3H3,(H,24,26). The van der Waals surface area contributed by atoms with E-state index in [9.17, 15) is 9.59 Å². The van der Waals surface area contributed by atoms with E-state index >= 15 is 0 Å². The minimum atomic E-state index is -0.419. The Kier molecular flexibility index (Phi) is 7.24. The highest BCUT2D eigenvalue weighted by Gasteiger charge is 2.21. The Morgan fingerprint density at radius 2 is 1.93 bits per heavy atom. The largest absolute Gasteiger partial charge is 0.456 e. The molecule has 1 aliphatic carbocycles. The molecular formula is C20H27N5O3S. The van der Waals surface area contributed by atoms with Crippen molar-refractivity contribution in [3.05, 3.63) is 29.2 Å². The van der Waals surface area contributed by atoms with Gasteiger partial charge >= 0.3 is 5.97 Å². The maximum Gasteiger partial charge on any atom is 0.306 e. The topological polar surface area (TPSA) is 99.0 Å². The SMILES string of the molecule is CSc1nc(C)c(CCC(=O)OCC(=O)Nc2ccnn2C2CCCC2)c(C)n1. The van der Waals surface area contributed by atoms with Crippen LogP contribution in [0.5, 0.6) is 0 Å². The zero-order valence-corrected chi connectivity index (χ0v) is 17.9. The third-order valence-corrected chi connectivity index (χ3v) is 5.68. The number of nitrogens with zero attached hydrogens (tertiary/aromatic N) is 4. The zero-order chi connectivity index (χ0) is 20.8. The van der Waals surface area contributed by atoms with Crippen LogP contribution in [0.4, 0.5) is 5.82 Å². The quantitative estimate of drug-likeness (QED) is 0.400. The minimum absolute atomic E-state index is 0.178. The number of carbonyl (C=O) groups excluding carboxylic acids is 2. The van der Waals surface area contributed by atoms with Crippen LogP contribution in [0.2, 0.25) is 0 Å². The Morgan fingerprint density at radius 3 is 2.59 bits per heavy atom. The monoisotopic (exact) mass is 417 g/mol. The van der Waals surface area contributed by atoms with Gasteiger partial charge in [0.1, 0.15) is 5.82 Å². The third-order valence-electron chi connectivity index (χ3n) is 5.13. The van der Waals surface area contributed by atoms with Gasteiger partial charge < -0.3 is 10.1 Å². The van der Waals surface area contributed by atoms with Crippen molar-refractivity contribution in [2.24, 2.45) is 0 Å². The van der Waals surface area contributed by atoms with Crippen molar-refractivity contribution in [2.45, 2.75) is 63.6 Å². The highest BCUT2D eigenvalue weighted by atomic mass is 32.2.